The molecule has 1 amide bonds. The van der Waals surface area contributed by atoms with Crippen molar-refractivity contribution in [3.8, 4) is 5.75 Å². The van der Waals surface area contributed by atoms with Gasteiger partial charge in [0.25, 0.3) is 5.91 Å². The molecule has 0 radical (unpaired) electrons. The zero-order valence-electron chi connectivity index (χ0n) is 15.7. The van der Waals surface area contributed by atoms with Gasteiger partial charge in [0.05, 0.1) is 18.4 Å². The van der Waals surface area contributed by atoms with Gasteiger partial charge in [0.1, 0.15) is 11.6 Å². The quantitative estimate of drug-likeness (QED) is 0.716. The molecule has 0 saturated heterocycles. The predicted molar refractivity (Wildman–Crippen MR) is 104 cm³/mol. The maximum Gasteiger partial charge on any atom is 0.254 e. The number of benzene rings is 2. The largest absolute Gasteiger partial charge is 0.497 e. The van der Waals surface area contributed by atoms with Gasteiger partial charge in [0.2, 0.25) is 10.0 Å². The van der Waals surface area contributed by atoms with Crippen LogP contribution in [-0.2, 0) is 23.0 Å². The van der Waals surface area contributed by atoms with Crippen LogP contribution in [0.1, 0.15) is 27.9 Å². The van der Waals surface area contributed by atoms with Crippen LogP contribution < -0.4 is 10.1 Å². The number of nitrogens with zero attached hydrogens (tertiary/aromatic N) is 1. The number of amides is 1. The summed E-state index contributed by atoms with van der Waals surface area (Å²) in [6, 6.07) is 11.3. The summed E-state index contributed by atoms with van der Waals surface area (Å²) in [5, 5.41) is 2.57. The van der Waals surface area contributed by atoms with E-state index < -0.39 is 21.7 Å². The van der Waals surface area contributed by atoms with E-state index in [1.165, 1.54) is 22.5 Å². The Morgan fingerprint density at radius 3 is 2.75 bits per heavy atom. The lowest BCUT2D eigenvalue weighted by Crippen LogP contribution is -2.38. The van der Waals surface area contributed by atoms with Crippen LogP contribution in [0.4, 0.5) is 4.39 Å². The van der Waals surface area contributed by atoms with Crippen LogP contribution in [0.2, 0.25) is 0 Å². The SMILES string of the molecule is COc1ccc2c(c1)CCN(S(=O)(=O)CCCNC(=O)c1ccccc1F)C2. The molecule has 0 bridgehead atoms. The Labute approximate surface area is 164 Å². The van der Waals surface area contributed by atoms with Crippen LogP contribution in [0, 0.1) is 5.82 Å². The van der Waals surface area contributed by atoms with Gasteiger partial charge < -0.3 is 10.1 Å². The summed E-state index contributed by atoms with van der Waals surface area (Å²) < 4.78 is 45.5. The first-order chi connectivity index (χ1) is 13.4. The third-order valence-corrected chi connectivity index (χ3v) is 6.67. The Morgan fingerprint density at radius 2 is 2.00 bits per heavy atom. The van der Waals surface area contributed by atoms with Crippen molar-refractivity contribution in [1.29, 1.82) is 0 Å². The fourth-order valence-electron chi connectivity index (χ4n) is 3.19. The molecule has 1 heterocycles. The zero-order valence-corrected chi connectivity index (χ0v) is 16.5. The highest BCUT2D eigenvalue weighted by molar-refractivity contribution is 7.89. The normalized spacial score (nSPS) is 14.4. The molecule has 0 fully saturated rings. The standard InChI is InChI=1S/C20H23FN2O4S/c1-27-17-8-7-16-14-23(11-9-15(16)13-17)28(25,26)12-4-10-22-20(24)18-5-2-3-6-19(18)21/h2-3,5-8,13H,4,9-12,14H2,1H3,(H,22,24). The lowest BCUT2D eigenvalue weighted by molar-refractivity contribution is 0.0949. The number of halogens is 1. The Kier molecular flexibility index (Phi) is 6.31. The summed E-state index contributed by atoms with van der Waals surface area (Å²) in [6.07, 6.45) is 0.893. The van der Waals surface area contributed by atoms with Crippen molar-refractivity contribution in [3.05, 3.63) is 65.0 Å². The Bertz CT molecular complexity index is 962. The maximum atomic E-state index is 13.6. The minimum absolute atomic E-state index is 0.0478. The van der Waals surface area contributed by atoms with Gasteiger partial charge in [-0.1, -0.05) is 18.2 Å². The number of fused-ring (bicyclic) bond motifs is 1. The van der Waals surface area contributed by atoms with Crippen molar-refractivity contribution in [2.75, 3.05) is 26.0 Å². The minimum atomic E-state index is -3.44. The van der Waals surface area contributed by atoms with E-state index in [0.717, 1.165) is 16.9 Å². The summed E-state index contributed by atoms with van der Waals surface area (Å²) >= 11 is 0. The lowest BCUT2D eigenvalue weighted by Gasteiger charge is -2.28. The molecule has 8 heteroatoms. The number of sulfonamides is 1. The van der Waals surface area contributed by atoms with Gasteiger partial charge in [0.15, 0.2) is 0 Å². The van der Waals surface area contributed by atoms with Crippen LogP contribution in [0.15, 0.2) is 42.5 Å². The van der Waals surface area contributed by atoms with Crippen molar-refractivity contribution in [3.63, 3.8) is 0 Å². The molecule has 0 saturated carbocycles. The number of nitrogens with one attached hydrogen (secondary N) is 1. The molecular weight excluding hydrogens is 383 g/mol. The van der Waals surface area contributed by atoms with Gasteiger partial charge in [0, 0.05) is 19.6 Å². The highest BCUT2D eigenvalue weighted by Gasteiger charge is 2.26. The van der Waals surface area contributed by atoms with E-state index in [0.29, 0.717) is 19.5 Å². The van der Waals surface area contributed by atoms with Gasteiger partial charge >= 0.3 is 0 Å². The molecule has 0 atom stereocenters. The molecule has 1 N–H and O–H groups in total. The Hall–Kier alpha value is -2.45. The second kappa shape index (κ2) is 8.70. The van der Waals surface area contributed by atoms with E-state index in [-0.39, 0.29) is 24.3 Å². The minimum Gasteiger partial charge on any atom is -0.497 e. The third kappa shape index (κ3) is 4.69. The van der Waals surface area contributed by atoms with Crippen molar-refractivity contribution in [2.45, 2.75) is 19.4 Å². The lowest BCUT2D eigenvalue weighted by atomic mass is 10.0. The van der Waals surface area contributed by atoms with E-state index in [9.17, 15) is 17.6 Å². The smallest absolute Gasteiger partial charge is 0.254 e. The first-order valence-electron chi connectivity index (χ1n) is 9.07. The van der Waals surface area contributed by atoms with Gasteiger partial charge in [-0.2, -0.15) is 4.31 Å². The van der Waals surface area contributed by atoms with Crippen LogP contribution in [0.25, 0.3) is 0 Å². The average Bonchev–Trinajstić information content (AvgIpc) is 2.70. The van der Waals surface area contributed by atoms with Crippen molar-refractivity contribution < 1.29 is 22.3 Å². The molecule has 0 unspecified atom stereocenters. The molecule has 6 nitrogen and oxygen atoms in total. The maximum absolute atomic E-state index is 13.6. The average molecular weight is 406 g/mol. The van der Waals surface area contributed by atoms with Crippen molar-refractivity contribution in [2.24, 2.45) is 0 Å². The first kappa shape index (κ1) is 20.3. The predicted octanol–water partition coefficient (Wildman–Crippen LogP) is 2.34. The molecular formula is C20H23FN2O4S. The summed E-state index contributed by atoms with van der Waals surface area (Å²) in [6.45, 7) is 0.918. The van der Waals surface area contributed by atoms with Crippen molar-refractivity contribution >= 4 is 15.9 Å². The van der Waals surface area contributed by atoms with Crippen LogP contribution in [0.5, 0.6) is 5.75 Å². The number of hydrogen-bond acceptors (Lipinski definition) is 4. The van der Waals surface area contributed by atoms with Gasteiger partial charge in [-0.25, -0.2) is 12.8 Å². The second-order valence-electron chi connectivity index (χ2n) is 6.62. The second-order valence-corrected chi connectivity index (χ2v) is 8.71. The number of hydrogen-bond donors (Lipinski definition) is 1. The molecule has 3 rings (SSSR count). The fourth-order valence-corrected chi connectivity index (χ4v) is 4.67. The highest BCUT2D eigenvalue weighted by Crippen LogP contribution is 2.25. The third-order valence-electron chi connectivity index (χ3n) is 4.77. The molecule has 2 aromatic carbocycles. The van der Waals surface area contributed by atoms with E-state index in [1.54, 1.807) is 13.2 Å². The number of ether oxygens (including phenoxy) is 1. The monoisotopic (exact) mass is 406 g/mol. The van der Waals surface area contributed by atoms with Gasteiger partial charge in [-0.05, 0) is 48.2 Å². The van der Waals surface area contributed by atoms with Crippen LogP contribution in [-0.4, -0.2) is 44.6 Å². The number of rotatable bonds is 7. The highest BCUT2D eigenvalue weighted by atomic mass is 32.2. The molecule has 150 valence electrons. The van der Waals surface area contributed by atoms with Gasteiger partial charge in [-0.15, -0.1) is 0 Å². The van der Waals surface area contributed by atoms with E-state index in [1.807, 2.05) is 18.2 Å². The molecule has 1 aliphatic rings. The molecule has 2 aromatic rings. The van der Waals surface area contributed by atoms with Crippen LogP contribution >= 0.6 is 0 Å². The summed E-state index contributed by atoms with van der Waals surface area (Å²) in [7, 11) is -1.83. The molecule has 0 aromatic heterocycles. The topological polar surface area (TPSA) is 75.7 Å². The number of methoxy groups -OCH3 is 1. The van der Waals surface area contributed by atoms with E-state index in [4.69, 9.17) is 4.74 Å². The Morgan fingerprint density at radius 1 is 1.21 bits per heavy atom. The van der Waals surface area contributed by atoms with Crippen molar-refractivity contribution in [1.82, 2.24) is 9.62 Å². The number of carbonyl (C=O) groups is 1. The summed E-state index contributed by atoms with van der Waals surface area (Å²) in [5.41, 5.74) is 2.03. The molecule has 1 aliphatic heterocycles. The van der Waals surface area contributed by atoms with Gasteiger partial charge in [-0.3, -0.25) is 4.79 Å². The van der Waals surface area contributed by atoms with E-state index in [2.05, 4.69) is 5.32 Å². The molecule has 0 spiro atoms. The molecule has 28 heavy (non-hydrogen) atoms. The fraction of sp³-hybridized carbons (Fsp3) is 0.350. The number of carbonyl (C=O) groups excluding carboxylic acids is 1. The zero-order chi connectivity index (χ0) is 20.1. The van der Waals surface area contributed by atoms with E-state index >= 15 is 0 Å². The summed E-state index contributed by atoms with van der Waals surface area (Å²) in [4.78, 5) is 12.0. The molecule has 0 aliphatic carbocycles. The Balaban J connectivity index is 1.52. The summed E-state index contributed by atoms with van der Waals surface area (Å²) in [5.74, 6) is -0.455. The van der Waals surface area contributed by atoms with Crippen LogP contribution in [0.3, 0.4) is 0 Å². The first-order valence-corrected chi connectivity index (χ1v) is 10.7.